The number of benzene rings is 1. The molecule has 2 aliphatic heterocycles. The van der Waals surface area contributed by atoms with Gasteiger partial charge < -0.3 is 15.0 Å². The molecule has 1 N–H and O–H groups in total. The molecule has 1 saturated heterocycles. The maximum Gasteiger partial charge on any atom is 0.338 e. The molecular weight excluding hydrogens is 503 g/mol. The zero-order valence-electron chi connectivity index (χ0n) is 21.1. The second kappa shape index (κ2) is 11.4. The summed E-state index contributed by atoms with van der Waals surface area (Å²) in [5.74, 6) is -0.0838. The van der Waals surface area contributed by atoms with Crippen molar-refractivity contribution in [1.82, 2.24) is 20.0 Å². The molecule has 0 spiro atoms. The maximum atomic E-state index is 13.3. The van der Waals surface area contributed by atoms with Crippen LogP contribution in [0.1, 0.15) is 51.6 Å². The third-order valence-corrected chi connectivity index (χ3v) is 8.20. The third-order valence-electron chi connectivity index (χ3n) is 7.36. The Hall–Kier alpha value is -2.29. The van der Waals surface area contributed by atoms with Crippen LogP contribution in [0.5, 0.6) is 0 Å². The van der Waals surface area contributed by atoms with Crippen LogP contribution in [-0.2, 0) is 14.3 Å². The molecule has 4 rings (SSSR count). The molecule has 3 amide bonds. The fourth-order valence-corrected chi connectivity index (χ4v) is 5.66. The fourth-order valence-electron chi connectivity index (χ4n) is 5.24. The number of halogens is 2. The van der Waals surface area contributed by atoms with Crippen LogP contribution < -0.4 is 5.32 Å². The van der Waals surface area contributed by atoms with Crippen LogP contribution in [0.2, 0.25) is 10.0 Å². The number of amides is 3. The summed E-state index contributed by atoms with van der Waals surface area (Å²) < 4.78 is 5.44. The summed E-state index contributed by atoms with van der Waals surface area (Å²) in [6.07, 6.45) is 3.09. The lowest BCUT2D eigenvalue weighted by atomic mass is 9.84. The summed E-state index contributed by atoms with van der Waals surface area (Å²) >= 11 is 12.8. The summed E-state index contributed by atoms with van der Waals surface area (Å²) in [5.41, 5.74) is 1.48. The van der Waals surface area contributed by atoms with Gasteiger partial charge in [0.05, 0.1) is 28.3 Å². The summed E-state index contributed by atoms with van der Waals surface area (Å²) in [4.78, 5) is 45.1. The first kappa shape index (κ1) is 26.8. The molecule has 3 aliphatic rings. The van der Waals surface area contributed by atoms with Gasteiger partial charge in [0.15, 0.2) is 0 Å². The minimum Gasteiger partial charge on any atom is -0.463 e. The molecule has 2 heterocycles. The molecule has 0 bridgehead atoms. The third kappa shape index (κ3) is 5.22. The number of piperazine rings is 1. The van der Waals surface area contributed by atoms with Crippen LogP contribution in [0, 0.1) is 5.92 Å². The standard InChI is InChI=1S/C26H34Cl2N4O4/c1-4-31-20(15-30-12-13-32(16(3)14-30)24(33)17-8-6-9-17)21(25(34)36-5-2)23(29-26(31)35)18-10-7-11-19(27)22(18)28/h7,10-11,16-17,23H,4-6,8-9,12-15H2,1-3H3,(H,29,35)/t16-,23-/m1/s1. The largest absolute Gasteiger partial charge is 0.463 e. The van der Waals surface area contributed by atoms with E-state index in [2.05, 4.69) is 17.1 Å². The Morgan fingerprint density at radius 2 is 1.92 bits per heavy atom. The average Bonchev–Trinajstić information content (AvgIpc) is 2.79. The number of esters is 1. The molecule has 0 aromatic heterocycles. The van der Waals surface area contributed by atoms with Crippen LogP contribution in [-0.4, -0.2) is 78.0 Å². The Bertz CT molecular complexity index is 1060. The highest BCUT2D eigenvalue weighted by atomic mass is 35.5. The van der Waals surface area contributed by atoms with E-state index in [1.165, 1.54) is 0 Å². The van der Waals surface area contributed by atoms with Crippen molar-refractivity contribution in [3.05, 3.63) is 45.1 Å². The summed E-state index contributed by atoms with van der Waals surface area (Å²) in [7, 11) is 0. The Kier molecular flexibility index (Phi) is 8.48. The molecule has 1 aromatic rings. The number of carbonyl (C=O) groups excluding carboxylic acids is 3. The number of ether oxygens (including phenoxy) is 1. The number of urea groups is 1. The lowest BCUT2D eigenvalue weighted by molar-refractivity contribution is -0.142. The highest BCUT2D eigenvalue weighted by Gasteiger charge is 2.40. The number of likely N-dealkylation sites (N-methyl/N-ethyl adjacent to an activating group) is 1. The number of nitrogens with zero attached hydrogens (tertiary/aromatic N) is 3. The van der Waals surface area contributed by atoms with E-state index in [4.69, 9.17) is 27.9 Å². The van der Waals surface area contributed by atoms with Crippen LogP contribution in [0.4, 0.5) is 4.79 Å². The second-order valence-corrected chi connectivity index (χ2v) is 10.4. The molecule has 36 heavy (non-hydrogen) atoms. The topological polar surface area (TPSA) is 82.2 Å². The minimum absolute atomic E-state index is 0.0455. The van der Waals surface area contributed by atoms with Gasteiger partial charge in [0.2, 0.25) is 5.91 Å². The molecule has 8 nitrogen and oxygen atoms in total. The number of hydrogen-bond acceptors (Lipinski definition) is 5. The highest BCUT2D eigenvalue weighted by molar-refractivity contribution is 6.42. The van der Waals surface area contributed by atoms with Crippen molar-refractivity contribution in [1.29, 1.82) is 0 Å². The number of carbonyl (C=O) groups is 3. The number of rotatable bonds is 7. The van der Waals surface area contributed by atoms with Gasteiger partial charge in [-0.2, -0.15) is 0 Å². The Morgan fingerprint density at radius 3 is 2.53 bits per heavy atom. The summed E-state index contributed by atoms with van der Waals surface area (Å²) in [6.45, 7) is 8.57. The van der Waals surface area contributed by atoms with Gasteiger partial charge in [-0.3, -0.25) is 14.6 Å². The monoisotopic (exact) mass is 536 g/mol. The molecule has 2 fully saturated rings. The van der Waals surface area contributed by atoms with E-state index in [0.717, 1.165) is 19.3 Å². The van der Waals surface area contributed by atoms with E-state index in [9.17, 15) is 14.4 Å². The van der Waals surface area contributed by atoms with Gasteiger partial charge in [0, 0.05) is 50.4 Å². The van der Waals surface area contributed by atoms with Crippen molar-refractivity contribution < 1.29 is 19.1 Å². The van der Waals surface area contributed by atoms with Gasteiger partial charge in [-0.1, -0.05) is 41.8 Å². The number of nitrogens with one attached hydrogen (secondary N) is 1. The lowest BCUT2D eigenvalue weighted by Gasteiger charge is -2.44. The predicted molar refractivity (Wildman–Crippen MR) is 139 cm³/mol. The lowest BCUT2D eigenvalue weighted by Crippen LogP contribution is -2.57. The van der Waals surface area contributed by atoms with Crippen molar-refractivity contribution in [3.63, 3.8) is 0 Å². The van der Waals surface area contributed by atoms with Crippen molar-refractivity contribution in [2.75, 3.05) is 39.3 Å². The first-order chi connectivity index (χ1) is 17.3. The van der Waals surface area contributed by atoms with Gasteiger partial charge in [-0.15, -0.1) is 0 Å². The molecule has 0 radical (unpaired) electrons. The zero-order valence-corrected chi connectivity index (χ0v) is 22.6. The van der Waals surface area contributed by atoms with E-state index in [0.29, 0.717) is 54.6 Å². The maximum absolute atomic E-state index is 13.3. The Balaban J connectivity index is 1.67. The van der Waals surface area contributed by atoms with Gasteiger partial charge in [-0.05, 0) is 45.2 Å². The van der Waals surface area contributed by atoms with Crippen LogP contribution >= 0.6 is 23.2 Å². The van der Waals surface area contributed by atoms with E-state index in [-0.39, 0.29) is 35.5 Å². The summed E-state index contributed by atoms with van der Waals surface area (Å²) in [5, 5.41) is 3.55. The zero-order chi connectivity index (χ0) is 26.0. The molecule has 0 unspecified atom stereocenters. The normalized spacial score (nSPS) is 23.4. The molecule has 10 heteroatoms. The first-order valence-electron chi connectivity index (χ1n) is 12.7. The summed E-state index contributed by atoms with van der Waals surface area (Å²) in [6, 6.07) is 4.10. The SMILES string of the molecule is CCOC(=O)C1=C(CN2CCN(C(=O)C3CCC3)[C@H](C)C2)N(CC)C(=O)N[C@@H]1c1cccc(Cl)c1Cl. The van der Waals surface area contributed by atoms with Crippen molar-refractivity contribution in [2.45, 2.75) is 52.1 Å². The first-order valence-corrected chi connectivity index (χ1v) is 13.5. The van der Waals surface area contributed by atoms with E-state index in [1.54, 1.807) is 30.0 Å². The van der Waals surface area contributed by atoms with Crippen LogP contribution in [0.15, 0.2) is 29.5 Å². The predicted octanol–water partition coefficient (Wildman–Crippen LogP) is 4.23. The Morgan fingerprint density at radius 1 is 1.17 bits per heavy atom. The fraction of sp³-hybridized carbons (Fsp3) is 0.577. The van der Waals surface area contributed by atoms with Gasteiger partial charge >= 0.3 is 12.0 Å². The van der Waals surface area contributed by atoms with Gasteiger partial charge in [0.25, 0.3) is 0 Å². The highest BCUT2D eigenvalue weighted by Crippen LogP contribution is 2.38. The molecule has 1 saturated carbocycles. The van der Waals surface area contributed by atoms with E-state index < -0.39 is 12.0 Å². The van der Waals surface area contributed by atoms with Crippen molar-refractivity contribution in [3.8, 4) is 0 Å². The minimum atomic E-state index is -0.792. The van der Waals surface area contributed by atoms with Gasteiger partial charge in [-0.25, -0.2) is 9.59 Å². The molecule has 1 aromatic carbocycles. The van der Waals surface area contributed by atoms with E-state index in [1.807, 2.05) is 11.8 Å². The van der Waals surface area contributed by atoms with Crippen molar-refractivity contribution >= 4 is 41.1 Å². The average molecular weight is 537 g/mol. The van der Waals surface area contributed by atoms with E-state index >= 15 is 0 Å². The Labute approximate surface area is 222 Å². The van der Waals surface area contributed by atoms with Crippen molar-refractivity contribution in [2.24, 2.45) is 5.92 Å². The molecule has 196 valence electrons. The smallest absolute Gasteiger partial charge is 0.338 e. The van der Waals surface area contributed by atoms with Gasteiger partial charge in [0.1, 0.15) is 0 Å². The second-order valence-electron chi connectivity index (χ2n) is 9.59. The molecule has 1 aliphatic carbocycles. The number of hydrogen-bond donors (Lipinski definition) is 1. The molecular formula is C26H34Cl2N4O4. The quantitative estimate of drug-likeness (QED) is 0.527. The van der Waals surface area contributed by atoms with Crippen LogP contribution in [0.3, 0.4) is 0 Å². The van der Waals surface area contributed by atoms with Crippen LogP contribution in [0.25, 0.3) is 0 Å². The molecule has 2 atom stereocenters.